The summed E-state index contributed by atoms with van der Waals surface area (Å²) in [4.78, 5) is 16.1. The summed E-state index contributed by atoms with van der Waals surface area (Å²) in [6.07, 6.45) is 5.38. The SMILES string of the molecule is CC/C(=C\C(=O)c1cccnc1)Nc1cc(Cl)ccc1Cl. The van der Waals surface area contributed by atoms with Crippen LogP contribution in [-0.2, 0) is 0 Å². The maximum atomic E-state index is 12.1. The van der Waals surface area contributed by atoms with E-state index in [1.54, 1.807) is 48.8 Å². The lowest BCUT2D eigenvalue weighted by molar-refractivity contribution is 0.104. The molecule has 0 radical (unpaired) electrons. The van der Waals surface area contributed by atoms with Crippen LogP contribution in [0.1, 0.15) is 23.7 Å². The van der Waals surface area contributed by atoms with Crippen molar-refractivity contribution < 1.29 is 4.79 Å². The maximum absolute atomic E-state index is 12.1. The second-order valence-corrected chi connectivity index (χ2v) is 5.22. The lowest BCUT2D eigenvalue weighted by Gasteiger charge is -2.11. The zero-order valence-electron chi connectivity index (χ0n) is 11.4. The molecule has 2 rings (SSSR count). The van der Waals surface area contributed by atoms with Crippen LogP contribution in [0.2, 0.25) is 10.0 Å². The van der Waals surface area contributed by atoms with E-state index in [0.717, 1.165) is 5.70 Å². The summed E-state index contributed by atoms with van der Waals surface area (Å²) in [7, 11) is 0. The van der Waals surface area contributed by atoms with Crippen LogP contribution in [0.3, 0.4) is 0 Å². The summed E-state index contributed by atoms with van der Waals surface area (Å²) in [5.41, 5.74) is 1.98. The molecule has 1 N–H and O–H groups in total. The van der Waals surface area contributed by atoms with E-state index in [1.807, 2.05) is 6.92 Å². The highest BCUT2D eigenvalue weighted by molar-refractivity contribution is 6.35. The number of nitrogens with zero attached hydrogens (tertiary/aromatic N) is 1. The minimum atomic E-state index is -0.106. The van der Waals surface area contributed by atoms with Gasteiger partial charge >= 0.3 is 0 Å². The second-order valence-electron chi connectivity index (χ2n) is 4.38. The summed E-state index contributed by atoms with van der Waals surface area (Å²) in [6.45, 7) is 1.95. The molecule has 5 heteroatoms. The Bertz CT molecular complexity index is 669. The van der Waals surface area contributed by atoms with Crippen LogP contribution < -0.4 is 5.32 Å². The van der Waals surface area contributed by atoms with Crippen LogP contribution in [0.15, 0.2) is 54.5 Å². The van der Waals surface area contributed by atoms with E-state index in [9.17, 15) is 4.79 Å². The highest BCUT2D eigenvalue weighted by Crippen LogP contribution is 2.27. The van der Waals surface area contributed by atoms with Crippen molar-refractivity contribution in [3.05, 3.63) is 70.1 Å². The third kappa shape index (κ3) is 4.31. The summed E-state index contributed by atoms with van der Waals surface area (Å²) in [5.74, 6) is -0.106. The van der Waals surface area contributed by atoms with Gasteiger partial charge in [0, 0.05) is 34.8 Å². The Morgan fingerprint density at radius 2 is 2.14 bits per heavy atom. The molecule has 0 saturated carbocycles. The van der Waals surface area contributed by atoms with Crippen molar-refractivity contribution in [2.24, 2.45) is 0 Å². The van der Waals surface area contributed by atoms with Gasteiger partial charge in [-0.2, -0.15) is 0 Å². The van der Waals surface area contributed by atoms with Gasteiger partial charge in [-0.25, -0.2) is 0 Å². The number of pyridine rings is 1. The minimum absolute atomic E-state index is 0.106. The molecular formula is C16H14Cl2N2O. The first kappa shape index (κ1) is 15.5. The molecule has 21 heavy (non-hydrogen) atoms. The summed E-state index contributed by atoms with van der Waals surface area (Å²) in [5, 5.41) is 4.27. The number of anilines is 1. The number of aromatic nitrogens is 1. The number of hydrogen-bond acceptors (Lipinski definition) is 3. The number of halogens is 2. The minimum Gasteiger partial charge on any atom is -0.358 e. The number of carbonyl (C=O) groups is 1. The van der Waals surface area contributed by atoms with Crippen molar-refractivity contribution >= 4 is 34.7 Å². The molecule has 1 heterocycles. The van der Waals surface area contributed by atoms with Crippen LogP contribution in [-0.4, -0.2) is 10.8 Å². The summed E-state index contributed by atoms with van der Waals surface area (Å²) < 4.78 is 0. The first-order valence-electron chi connectivity index (χ1n) is 6.47. The highest BCUT2D eigenvalue weighted by atomic mass is 35.5. The average Bonchev–Trinajstić information content (AvgIpc) is 2.51. The number of benzene rings is 1. The monoisotopic (exact) mass is 320 g/mol. The molecule has 3 nitrogen and oxygen atoms in total. The molecule has 0 fully saturated rings. The molecule has 1 aromatic carbocycles. The number of hydrogen-bond donors (Lipinski definition) is 1. The average molecular weight is 321 g/mol. The predicted molar refractivity (Wildman–Crippen MR) is 87.0 cm³/mol. The van der Waals surface area contributed by atoms with E-state index < -0.39 is 0 Å². The molecular weight excluding hydrogens is 307 g/mol. The molecule has 0 atom stereocenters. The molecule has 0 aliphatic heterocycles. The smallest absolute Gasteiger partial charge is 0.189 e. The molecule has 0 spiro atoms. The Balaban J connectivity index is 2.21. The van der Waals surface area contributed by atoms with E-state index in [-0.39, 0.29) is 5.78 Å². The molecule has 0 aliphatic carbocycles. The molecule has 0 amide bonds. The van der Waals surface area contributed by atoms with Gasteiger partial charge in [-0.3, -0.25) is 9.78 Å². The van der Waals surface area contributed by atoms with Crippen LogP contribution in [0.25, 0.3) is 0 Å². The zero-order chi connectivity index (χ0) is 15.2. The Kier molecular flexibility index (Phi) is 5.37. The van der Waals surface area contributed by atoms with Crippen molar-refractivity contribution in [3.8, 4) is 0 Å². The van der Waals surface area contributed by atoms with Crippen LogP contribution in [0.5, 0.6) is 0 Å². The summed E-state index contributed by atoms with van der Waals surface area (Å²) in [6, 6.07) is 8.61. The van der Waals surface area contributed by atoms with Gasteiger partial charge in [0.1, 0.15) is 0 Å². The standard InChI is InChI=1S/C16H14Cl2N2O/c1-2-13(9-16(21)11-4-3-7-19-10-11)20-15-8-12(17)5-6-14(15)18/h3-10,20H,2H2,1H3/b13-9+. The fourth-order valence-electron chi connectivity index (χ4n) is 1.74. The van der Waals surface area contributed by atoms with Crippen LogP contribution in [0.4, 0.5) is 5.69 Å². The molecule has 108 valence electrons. The Labute approximate surface area is 133 Å². The van der Waals surface area contributed by atoms with Crippen molar-refractivity contribution in [3.63, 3.8) is 0 Å². The van der Waals surface area contributed by atoms with Crippen LogP contribution >= 0.6 is 23.2 Å². The molecule has 2 aromatic rings. The van der Waals surface area contributed by atoms with E-state index in [2.05, 4.69) is 10.3 Å². The zero-order valence-corrected chi connectivity index (χ0v) is 12.9. The normalized spacial score (nSPS) is 11.3. The van der Waals surface area contributed by atoms with Crippen molar-refractivity contribution in [2.45, 2.75) is 13.3 Å². The Hall–Kier alpha value is -1.84. The third-order valence-corrected chi connectivity index (χ3v) is 3.42. The fraction of sp³-hybridized carbons (Fsp3) is 0.125. The lowest BCUT2D eigenvalue weighted by atomic mass is 10.1. The Morgan fingerprint density at radius 3 is 2.81 bits per heavy atom. The van der Waals surface area contributed by atoms with E-state index in [0.29, 0.717) is 27.7 Å². The molecule has 1 aromatic heterocycles. The topological polar surface area (TPSA) is 42.0 Å². The number of carbonyl (C=O) groups excluding carboxylic acids is 1. The first-order chi connectivity index (χ1) is 10.1. The molecule has 0 unspecified atom stereocenters. The van der Waals surface area contributed by atoms with E-state index in [1.165, 1.54) is 0 Å². The molecule has 0 saturated heterocycles. The van der Waals surface area contributed by atoms with Gasteiger partial charge in [0.25, 0.3) is 0 Å². The van der Waals surface area contributed by atoms with Gasteiger partial charge in [0.2, 0.25) is 0 Å². The van der Waals surface area contributed by atoms with Crippen molar-refractivity contribution in [2.75, 3.05) is 5.32 Å². The first-order valence-corrected chi connectivity index (χ1v) is 7.22. The second kappa shape index (κ2) is 7.25. The summed E-state index contributed by atoms with van der Waals surface area (Å²) >= 11 is 12.1. The van der Waals surface area contributed by atoms with E-state index >= 15 is 0 Å². The van der Waals surface area contributed by atoms with Gasteiger partial charge in [0.05, 0.1) is 10.7 Å². The van der Waals surface area contributed by atoms with E-state index in [4.69, 9.17) is 23.2 Å². The van der Waals surface area contributed by atoms with Gasteiger partial charge in [-0.05, 0) is 36.8 Å². The largest absolute Gasteiger partial charge is 0.358 e. The van der Waals surface area contributed by atoms with Gasteiger partial charge < -0.3 is 5.32 Å². The van der Waals surface area contributed by atoms with Gasteiger partial charge in [-0.15, -0.1) is 0 Å². The van der Waals surface area contributed by atoms with Crippen molar-refractivity contribution in [1.29, 1.82) is 0 Å². The predicted octanol–water partition coefficient (Wildman–Crippen LogP) is 4.98. The number of rotatable bonds is 5. The number of ketones is 1. The lowest BCUT2D eigenvalue weighted by Crippen LogP contribution is -2.04. The molecule has 0 aliphatic rings. The molecule has 0 bridgehead atoms. The quantitative estimate of drug-likeness (QED) is 0.624. The number of allylic oxidation sites excluding steroid dienone is 2. The highest BCUT2D eigenvalue weighted by Gasteiger charge is 2.07. The Morgan fingerprint density at radius 1 is 1.33 bits per heavy atom. The third-order valence-electron chi connectivity index (χ3n) is 2.86. The maximum Gasteiger partial charge on any atom is 0.189 e. The van der Waals surface area contributed by atoms with Gasteiger partial charge in [-0.1, -0.05) is 30.1 Å². The van der Waals surface area contributed by atoms with Crippen LogP contribution in [0, 0.1) is 0 Å². The van der Waals surface area contributed by atoms with Crippen molar-refractivity contribution in [1.82, 2.24) is 4.98 Å². The van der Waals surface area contributed by atoms with Gasteiger partial charge in [0.15, 0.2) is 5.78 Å². The number of nitrogens with one attached hydrogen (secondary N) is 1. The fourth-order valence-corrected chi connectivity index (χ4v) is 2.08.